The zero-order chi connectivity index (χ0) is 17.8. The van der Waals surface area contributed by atoms with Gasteiger partial charge < -0.3 is 10.6 Å². The number of carbonyl (C=O) groups is 1. The minimum atomic E-state index is -0.165. The zero-order valence-corrected chi connectivity index (χ0v) is 15.5. The molecule has 0 fully saturated rings. The number of hydrogen-bond donors (Lipinski definition) is 2. The van der Waals surface area contributed by atoms with E-state index in [1.807, 2.05) is 12.1 Å². The lowest BCUT2D eigenvalue weighted by Crippen LogP contribution is -2.22. The molecular formula is C17H14Cl2N4OS. The molecule has 8 heteroatoms. The summed E-state index contributed by atoms with van der Waals surface area (Å²) >= 11 is 12.9. The van der Waals surface area contributed by atoms with Crippen molar-refractivity contribution in [1.82, 2.24) is 15.3 Å². The summed E-state index contributed by atoms with van der Waals surface area (Å²) in [4.78, 5) is 21.5. The molecule has 0 aliphatic rings. The lowest BCUT2D eigenvalue weighted by atomic mass is 10.2. The smallest absolute Gasteiger partial charge is 0.263 e. The number of carbonyl (C=O) groups excluding carboxylic acids is 1. The number of amides is 1. The number of thiazole rings is 1. The van der Waals surface area contributed by atoms with E-state index in [2.05, 4.69) is 20.6 Å². The summed E-state index contributed by atoms with van der Waals surface area (Å²) in [6.45, 7) is 2.23. The minimum absolute atomic E-state index is 0.165. The van der Waals surface area contributed by atoms with Crippen LogP contribution in [-0.4, -0.2) is 15.9 Å². The van der Waals surface area contributed by atoms with Crippen molar-refractivity contribution < 1.29 is 4.79 Å². The maximum Gasteiger partial charge on any atom is 0.263 e. The minimum Gasteiger partial charge on any atom is -0.347 e. The molecule has 1 aromatic carbocycles. The van der Waals surface area contributed by atoms with Gasteiger partial charge in [-0.15, -0.1) is 0 Å². The van der Waals surface area contributed by atoms with E-state index in [-0.39, 0.29) is 5.91 Å². The van der Waals surface area contributed by atoms with E-state index in [4.69, 9.17) is 23.2 Å². The van der Waals surface area contributed by atoms with Crippen molar-refractivity contribution in [3.63, 3.8) is 0 Å². The van der Waals surface area contributed by atoms with Gasteiger partial charge in [0.1, 0.15) is 10.7 Å². The first-order chi connectivity index (χ1) is 12.0. The Bertz CT molecular complexity index is 879. The van der Waals surface area contributed by atoms with Crippen LogP contribution in [-0.2, 0) is 6.54 Å². The van der Waals surface area contributed by atoms with Crippen LogP contribution < -0.4 is 10.6 Å². The van der Waals surface area contributed by atoms with Crippen LogP contribution in [0.1, 0.15) is 20.9 Å². The molecule has 1 amide bonds. The molecule has 2 N–H and O–H groups in total. The van der Waals surface area contributed by atoms with Crippen molar-refractivity contribution in [1.29, 1.82) is 0 Å². The second kappa shape index (κ2) is 7.82. The second-order valence-corrected chi connectivity index (χ2v) is 7.10. The van der Waals surface area contributed by atoms with Crippen molar-refractivity contribution in [3.8, 4) is 0 Å². The molecule has 3 aromatic rings. The van der Waals surface area contributed by atoms with Gasteiger partial charge in [-0.05, 0) is 36.8 Å². The summed E-state index contributed by atoms with van der Waals surface area (Å²) in [5.74, 6) is 0.452. The number of benzene rings is 1. The summed E-state index contributed by atoms with van der Waals surface area (Å²) in [5, 5.41) is 7.78. The third-order valence-electron chi connectivity index (χ3n) is 3.33. The maximum atomic E-state index is 12.4. The molecular weight excluding hydrogens is 379 g/mol. The molecule has 0 spiro atoms. The fraction of sp³-hybridized carbons (Fsp3) is 0.118. The predicted molar refractivity (Wildman–Crippen MR) is 102 cm³/mol. The fourth-order valence-corrected chi connectivity index (χ4v) is 3.21. The van der Waals surface area contributed by atoms with Crippen LogP contribution in [0.3, 0.4) is 0 Å². The highest BCUT2D eigenvalue weighted by Crippen LogP contribution is 2.25. The summed E-state index contributed by atoms with van der Waals surface area (Å²) in [6, 6.07) is 10.8. The van der Waals surface area contributed by atoms with Crippen molar-refractivity contribution in [2.75, 3.05) is 5.32 Å². The van der Waals surface area contributed by atoms with Gasteiger partial charge in [0.25, 0.3) is 5.91 Å². The molecule has 0 aliphatic carbocycles. The molecule has 2 aromatic heterocycles. The van der Waals surface area contributed by atoms with Gasteiger partial charge in [-0.25, -0.2) is 9.97 Å². The quantitative estimate of drug-likeness (QED) is 0.652. The number of rotatable bonds is 5. The molecule has 0 aliphatic heterocycles. The van der Waals surface area contributed by atoms with Crippen molar-refractivity contribution >= 4 is 51.4 Å². The molecule has 0 saturated heterocycles. The molecule has 0 radical (unpaired) electrons. The van der Waals surface area contributed by atoms with Crippen LogP contribution >= 0.6 is 34.5 Å². The molecule has 0 bridgehead atoms. The average molecular weight is 393 g/mol. The maximum absolute atomic E-state index is 12.4. The van der Waals surface area contributed by atoms with Crippen LogP contribution in [0, 0.1) is 6.92 Å². The lowest BCUT2D eigenvalue weighted by Gasteiger charge is -2.04. The van der Waals surface area contributed by atoms with Crippen LogP contribution in [0.2, 0.25) is 10.0 Å². The molecule has 2 heterocycles. The van der Waals surface area contributed by atoms with Crippen molar-refractivity contribution in [3.05, 3.63) is 68.8 Å². The number of nitrogens with one attached hydrogen (secondary N) is 2. The Hall–Kier alpha value is -2.15. The van der Waals surface area contributed by atoms with Gasteiger partial charge in [-0.1, -0.05) is 46.7 Å². The molecule has 25 heavy (non-hydrogen) atoms. The highest BCUT2D eigenvalue weighted by atomic mass is 35.5. The normalized spacial score (nSPS) is 10.5. The van der Waals surface area contributed by atoms with Crippen LogP contribution in [0.5, 0.6) is 0 Å². The number of pyridine rings is 1. The highest BCUT2D eigenvalue weighted by Gasteiger charge is 2.15. The Labute approximate surface area is 159 Å². The largest absolute Gasteiger partial charge is 0.347 e. The average Bonchev–Trinajstić information content (AvgIpc) is 2.96. The summed E-state index contributed by atoms with van der Waals surface area (Å²) in [7, 11) is 0. The number of nitrogens with zero attached hydrogens (tertiary/aromatic N) is 2. The Morgan fingerprint density at radius 3 is 2.52 bits per heavy atom. The number of anilines is 2. The van der Waals surface area contributed by atoms with Gasteiger partial charge in [0.2, 0.25) is 0 Å². The topological polar surface area (TPSA) is 66.9 Å². The Balaban J connectivity index is 1.65. The monoisotopic (exact) mass is 392 g/mol. The molecule has 3 rings (SSSR count). The van der Waals surface area contributed by atoms with E-state index in [1.54, 1.807) is 37.4 Å². The second-order valence-electron chi connectivity index (χ2n) is 5.23. The first-order valence-electron chi connectivity index (χ1n) is 7.40. The van der Waals surface area contributed by atoms with Crippen LogP contribution in [0.4, 0.5) is 10.9 Å². The fourth-order valence-electron chi connectivity index (χ4n) is 2.08. The van der Waals surface area contributed by atoms with Gasteiger partial charge >= 0.3 is 0 Å². The number of aromatic nitrogens is 2. The zero-order valence-electron chi connectivity index (χ0n) is 13.2. The van der Waals surface area contributed by atoms with E-state index in [0.717, 1.165) is 5.56 Å². The molecule has 0 saturated carbocycles. The Kier molecular flexibility index (Phi) is 5.53. The van der Waals surface area contributed by atoms with E-state index in [0.29, 0.717) is 38.1 Å². The standard InChI is InChI=1S/C17H14Cl2N4OS/c1-10-15(16(24)21-8-11-2-4-12(18)5-3-11)25-17(22-10)23-14-7-6-13(19)9-20-14/h2-7,9H,8H2,1H3,(H,21,24)(H,20,22,23). The summed E-state index contributed by atoms with van der Waals surface area (Å²) < 4.78 is 0. The van der Waals surface area contributed by atoms with Crippen LogP contribution in [0.15, 0.2) is 42.6 Å². The summed E-state index contributed by atoms with van der Waals surface area (Å²) in [5.41, 5.74) is 1.64. The Morgan fingerprint density at radius 2 is 1.84 bits per heavy atom. The van der Waals surface area contributed by atoms with E-state index >= 15 is 0 Å². The van der Waals surface area contributed by atoms with Gasteiger partial charge in [-0.2, -0.15) is 0 Å². The lowest BCUT2D eigenvalue weighted by molar-refractivity contribution is 0.0954. The molecule has 128 valence electrons. The molecule has 5 nitrogen and oxygen atoms in total. The Morgan fingerprint density at radius 1 is 1.12 bits per heavy atom. The van der Waals surface area contributed by atoms with Gasteiger partial charge in [0.15, 0.2) is 5.13 Å². The van der Waals surface area contributed by atoms with E-state index in [9.17, 15) is 4.79 Å². The number of hydrogen-bond acceptors (Lipinski definition) is 5. The first-order valence-corrected chi connectivity index (χ1v) is 8.97. The van der Waals surface area contributed by atoms with Crippen LogP contribution in [0.25, 0.3) is 0 Å². The third kappa shape index (κ3) is 4.69. The highest BCUT2D eigenvalue weighted by molar-refractivity contribution is 7.17. The van der Waals surface area contributed by atoms with E-state index < -0.39 is 0 Å². The van der Waals surface area contributed by atoms with Gasteiger partial charge in [0, 0.05) is 17.8 Å². The van der Waals surface area contributed by atoms with Crippen molar-refractivity contribution in [2.45, 2.75) is 13.5 Å². The van der Waals surface area contributed by atoms with Gasteiger partial charge in [-0.3, -0.25) is 4.79 Å². The third-order valence-corrected chi connectivity index (χ3v) is 4.88. The predicted octanol–water partition coefficient (Wildman–Crippen LogP) is 4.83. The number of aryl methyl sites for hydroxylation is 1. The van der Waals surface area contributed by atoms with Gasteiger partial charge in [0.05, 0.1) is 10.7 Å². The SMILES string of the molecule is Cc1nc(Nc2ccc(Cl)cn2)sc1C(=O)NCc1ccc(Cl)cc1. The van der Waals surface area contributed by atoms with E-state index in [1.165, 1.54) is 11.3 Å². The molecule has 0 unspecified atom stereocenters. The van der Waals surface area contributed by atoms with Crippen molar-refractivity contribution in [2.24, 2.45) is 0 Å². The first kappa shape index (κ1) is 17.7. The summed E-state index contributed by atoms with van der Waals surface area (Å²) in [6.07, 6.45) is 1.55. The number of halogens is 2. The molecule has 0 atom stereocenters.